The van der Waals surface area contributed by atoms with Gasteiger partial charge in [-0.25, -0.2) is 9.79 Å². The van der Waals surface area contributed by atoms with Crippen LogP contribution in [0.3, 0.4) is 0 Å². The van der Waals surface area contributed by atoms with Crippen LogP contribution in [0.25, 0.3) is 11.4 Å². The maximum Gasteiger partial charge on any atom is 0.439 e. The molecule has 2 aromatic rings. The van der Waals surface area contributed by atoms with E-state index in [0.29, 0.717) is 22.2 Å². The second-order valence-electron chi connectivity index (χ2n) is 3.35. The highest BCUT2D eigenvalue weighted by Crippen LogP contribution is 2.19. The van der Waals surface area contributed by atoms with Gasteiger partial charge in [0.05, 0.1) is 5.69 Å². The van der Waals surface area contributed by atoms with E-state index in [4.69, 9.17) is 5.26 Å². The van der Waals surface area contributed by atoms with Gasteiger partial charge in [-0.3, -0.25) is 14.8 Å². The van der Waals surface area contributed by atoms with Gasteiger partial charge in [0.2, 0.25) is 0 Å². The predicted octanol–water partition coefficient (Wildman–Crippen LogP) is 1.45. The van der Waals surface area contributed by atoms with Crippen LogP contribution in [-0.4, -0.2) is 21.6 Å². The average molecular weight is 275 g/mol. The van der Waals surface area contributed by atoms with Gasteiger partial charge in [0.15, 0.2) is 17.2 Å². The zero-order valence-electron chi connectivity index (χ0n) is 9.88. The predicted molar refractivity (Wildman–Crippen MR) is 71.9 cm³/mol. The van der Waals surface area contributed by atoms with E-state index >= 15 is 0 Å². The van der Waals surface area contributed by atoms with Crippen LogP contribution >= 0.6 is 11.8 Å². The van der Waals surface area contributed by atoms with Crippen molar-refractivity contribution in [1.29, 1.82) is 5.26 Å². The molecule has 0 atom stereocenters. The van der Waals surface area contributed by atoms with Crippen LogP contribution in [0.15, 0.2) is 38.6 Å². The number of aromatic nitrogens is 2. The Bertz CT molecular complexity index is 680. The van der Waals surface area contributed by atoms with Crippen LogP contribution in [0.2, 0.25) is 0 Å². The summed E-state index contributed by atoms with van der Waals surface area (Å²) in [6.45, 7) is 0. The number of nitriles is 1. The summed E-state index contributed by atoms with van der Waals surface area (Å²) < 4.78 is 4.43. The highest BCUT2D eigenvalue weighted by molar-refractivity contribution is 8.13. The van der Waals surface area contributed by atoms with Gasteiger partial charge in [0, 0.05) is 5.56 Å². The molecule has 8 heteroatoms. The maximum atomic E-state index is 10.8. The highest BCUT2D eigenvalue weighted by atomic mass is 32.2. The number of thioether (sulfide) groups is 1. The molecule has 7 nitrogen and oxygen atoms in total. The molecule has 19 heavy (non-hydrogen) atoms. The summed E-state index contributed by atoms with van der Waals surface area (Å²) in [5, 5.41) is 15.1. The first-order valence-corrected chi connectivity index (χ1v) is 6.39. The fraction of sp³-hybridized carbons (Fsp3) is 0.0909. The Morgan fingerprint density at radius 1 is 1.53 bits per heavy atom. The van der Waals surface area contributed by atoms with Gasteiger partial charge in [-0.15, -0.1) is 0 Å². The molecule has 0 saturated carbocycles. The molecule has 1 aromatic heterocycles. The number of nitrogens with one attached hydrogen (secondary N) is 2. The molecule has 0 unspecified atom stereocenters. The number of nitrogens with zero attached hydrogens (tertiary/aromatic N) is 3. The van der Waals surface area contributed by atoms with Gasteiger partial charge in [-0.2, -0.15) is 5.26 Å². The summed E-state index contributed by atoms with van der Waals surface area (Å²) in [5.74, 6) is -0.235. The van der Waals surface area contributed by atoms with E-state index in [1.165, 1.54) is 11.8 Å². The molecule has 0 fully saturated rings. The molecule has 1 heterocycles. The minimum atomic E-state index is -0.597. The number of aromatic amines is 1. The molecule has 0 spiro atoms. The highest BCUT2D eigenvalue weighted by Gasteiger charge is 2.04. The van der Waals surface area contributed by atoms with Crippen LogP contribution in [0.1, 0.15) is 0 Å². The Balaban J connectivity index is 2.24. The summed E-state index contributed by atoms with van der Waals surface area (Å²) in [6.07, 6.45) is 3.63. The van der Waals surface area contributed by atoms with Crippen molar-refractivity contribution >= 4 is 22.6 Å². The van der Waals surface area contributed by atoms with Crippen LogP contribution in [-0.2, 0) is 0 Å². The summed E-state index contributed by atoms with van der Waals surface area (Å²) in [6, 6.07) is 6.99. The van der Waals surface area contributed by atoms with E-state index in [1.54, 1.807) is 24.3 Å². The third kappa shape index (κ3) is 3.23. The SMILES string of the molecule is CSC(=Nc1ccc(-c2noc(=O)[nH]2)cc1)NC#N. The molecule has 96 valence electrons. The number of hydrogen-bond donors (Lipinski definition) is 2. The topological polar surface area (TPSA) is 107 Å². The number of aliphatic imine (C=N–C) groups is 1. The fourth-order valence-electron chi connectivity index (χ4n) is 1.34. The van der Waals surface area contributed by atoms with Crippen molar-refractivity contribution in [2.75, 3.05) is 6.26 Å². The molecule has 0 saturated heterocycles. The van der Waals surface area contributed by atoms with Crippen LogP contribution in [0.5, 0.6) is 0 Å². The van der Waals surface area contributed by atoms with E-state index in [-0.39, 0.29) is 0 Å². The summed E-state index contributed by atoms with van der Waals surface area (Å²) in [7, 11) is 0. The van der Waals surface area contributed by atoms with Crippen molar-refractivity contribution in [1.82, 2.24) is 15.5 Å². The number of amidine groups is 1. The van der Waals surface area contributed by atoms with E-state index in [2.05, 4.69) is 25.0 Å². The first-order valence-electron chi connectivity index (χ1n) is 5.17. The Kier molecular flexibility index (Phi) is 4.00. The molecular formula is C11H9N5O2S. The molecule has 0 amide bonds. The molecule has 1 aromatic carbocycles. The van der Waals surface area contributed by atoms with Gasteiger partial charge >= 0.3 is 5.76 Å². The molecule has 2 rings (SSSR count). The molecule has 0 radical (unpaired) electrons. The second-order valence-corrected chi connectivity index (χ2v) is 4.14. The average Bonchev–Trinajstić information content (AvgIpc) is 2.86. The van der Waals surface area contributed by atoms with Gasteiger partial charge in [-0.05, 0) is 30.5 Å². The third-order valence-corrected chi connectivity index (χ3v) is 2.75. The maximum absolute atomic E-state index is 10.8. The van der Waals surface area contributed by atoms with Crippen molar-refractivity contribution in [2.24, 2.45) is 4.99 Å². The minimum Gasteiger partial charge on any atom is -0.296 e. The van der Waals surface area contributed by atoms with Gasteiger partial charge in [0.1, 0.15) is 0 Å². The minimum absolute atomic E-state index is 0.362. The quantitative estimate of drug-likeness (QED) is 0.372. The van der Waals surface area contributed by atoms with Gasteiger partial charge in [0.25, 0.3) is 0 Å². The fourth-order valence-corrected chi connectivity index (χ4v) is 1.68. The lowest BCUT2D eigenvalue weighted by Crippen LogP contribution is -2.12. The molecule has 2 N–H and O–H groups in total. The van der Waals surface area contributed by atoms with Gasteiger partial charge < -0.3 is 0 Å². The Hall–Kier alpha value is -2.53. The van der Waals surface area contributed by atoms with E-state index < -0.39 is 5.76 Å². The lowest BCUT2D eigenvalue weighted by molar-refractivity contribution is 0.388. The zero-order valence-corrected chi connectivity index (χ0v) is 10.7. The molecular weight excluding hydrogens is 266 g/mol. The first-order chi connectivity index (χ1) is 9.22. The lowest BCUT2D eigenvalue weighted by Gasteiger charge is -2.00. The van der Waals surface area contributed by atoms with Crippen molar-refractivity contribution < 1.29 is 4.52 Å². The zero-order chi connectivity index (χ0) is 13.7. The molecule has 0 bridgehead atoms. The second kappa shape index (κ2) is 5.88. The smallest absolute Gasteiger partial charge is 0.296 e. The summed E-state index contributed by atoms with van der Waals surface area (Å²) in [5.41, 5.74) is 1.39. The van der Waals surface area contributed by atoms with Crippen LogP contribution < -0.4 is 11.1 Å². The number of rotatable bonds is 2. The number of H-pyrrole nitrogens is 1. The van der Waals surface area contributed by atoms with Crippen molar-refractivity contribution in [3.8, 4) is 17.6 Å². The third-order valence-electron chi connectivity index (χ3n) is 2.17. The molecule has 0 aliphatic carbocycles. The van der Waals surface area contributed by atoms with Crippen molar-refractivity contribution in [2.45, 2.75) is 0 Å². The molecule has 0 aliphatic rings. The van der Waals surface area contributed by atoms with Crippen molar-refractivity contribution in [3.05, 3.63) is 34.8 Å². The lowest BCUT2D eigenvalue weighted by atomic mass is 10.2. The number of hydrogen-bond acceptors (Lipinski definition) is 6. The van der Waals surface area contributed by atoms with Crippen LogP contribution in [0.4, 0.5) is 5.69 Å². The monoisotopic (exact) mass is 275 g/mol. The standard InChI is InChI=1S/C11H9N5O2S/c1-19-10(13-6-12)14-8-4-2-7(3-5-8)9-15-11(17)18-16-9/h2-5H,1H3,(H,13,14)(H,15,16,17). The van der Waals surface area contributed by atoms with Gasteiger partial charge in [-0.1, -0.05) is 16.9 Å². The largest absolute Gasteiger partial charge is 0.439 e. The Morgan fingerprint density at radius 2 is 2.26 bits per heavy atom. The van der Waals surface area contributed by atoms with E-state index in [1.807, 2.05) is 12.4 Å². The summed E-state index contributed by atoms with van der Waals surface area (Å²) in [4.78, 5) is 17.5. The summed E-state index contributed by atoms with van der Waals surface area (Å²) >= 11 is 1.33. The Morgan fingerprint density at radius 3 is 2.79 bits per heavy atom. The first kappa shape index (κ1) is 12.9. The Labute approximate surface area is 112 Å². The van der Waals surface area contributed by atoms with Crippen LogP contribution in [0, 0.1) is 11.5 Å². The van der Waals surface area contributed by atoms with Crippen molar-refractivity contribution in [3.63, 3.8) is 0 Å². The van der Waals surface area contributed by atoms with E-state index in [0.717, 1.165) is 0 Å². The molecule has 0 aliphatic heterocycles. The van der Waals surface area contributed by atoms with E-state index in [9.17, 15) is 4.79 Å². The normalized spacial score (nSPS) is 11.1. The number of benzene rings is 1.